The number of hydrogen-bond acceptors (Lipinski definition) is 4. The van der Waals surface area contributed by atoms with Crippen LogP contribution in [-0.2, 0) is 14.3 Å². The van der Waals surface area contributed by atoms with E-state index in [0.29, 0.717) is 16.8 Å². The summed E-state index contributed by atoms with van der Waals surface area (Å²) < 4.78 is 5.48. The molecular weight excluding hydrogens is 366 g/mol. The molecule has 29 heavy (non-hydrogen) atoms. The van der Waals surface area contributed by atoms with Crippen molar-refractivity contribution in [3.8, 4) is 0 Å². The number of hydrogen-bond donors (Lipinski definition) is 1. The maximum Gasteiger partial charge on any atom is 0.307 e. The van der Waals surface area contributed by atoms with Gasteiger partial charge >= 0.3 is 5.97 Å². The van der Waals surface area contributed by atoms with E-state index in [0.717, 1.165) is 0 Å². The van der Waals surface area contributed by atoms with Crippen LogP contribution in [0.5, 0.6) is 0 Å². The van der Waals surface area contributed by atoms with Crippen molar-refractivity contribution in [2.75, 3.05) is 5.32 Å². The van der Waals surface area contributed by atoms with Crippen molar-refractivity contribution < 1.29 is 19.1 Å². The molecule has 0 fully saturated rings. The molecule has 0 saturated heterocycles. The third-order valence-corrected chi connectivity index (χ3v) is 4.26. The smallest absolute Gasteiger partial charge is 0.307 e. The van der Waals surface area contributed by atoms with E-state index in [2.05, 4.69) is 5.32 Å². The molecule has 0 spiro atoms. The van der Waals surface area contributed by atoms with Crippen LogP contribution in [0.3, 0.4) is 0 Å². The van der Waals surface area contributed by atoms with Crippen molar-refractivity contribution in [2.45, 2.75) is 18.9 Å². The Hall–Kier alpha value is -3.73. The van der Waals surface area contributed by atoms with E-state index in [1.807, 2.05) is 30.3 Å². The summed E-state index contributed by atoms with van der Waals surface area (Å²) in [7, 11) is 0. The van der Waals surface area contributed by atoms with Gasteiger partial charge in [0.25, 0.3) is 0 Å². The number of ether oxygens (including phenoxy) is 1. The second-order valence-electron chi connectivity index (χ2n) is 6.43. The zero-order valence-corrected chi connectivity index (χ0v) is 15.8. The molecule has 0 aliphatic rings. The number of Topliss-reactive ketones (excluding diaryl/α,β-unsaturated/α-hetero) is 1. The van der Waals surface area contributed by atoms with Crippen LogP contribution in [-0.4, -0.2) is 17.7 Å². The van der Waals surface area contributed by atoms with Crippen molar-refractivity contribution in [3.05, 3.63) is 102 Å². The molecule has 3 rings (SSSR count). The third kappa shape index (κ3) is 5.87. The fourth-order valence-electron chi connectivity index (χ4n) is 2.81. The molecule has 1 atom stereocenters. The predicted octanol–water partition coefficient (Wildman–Crippen LogP) is 4.57. The Morgan fingerprint density at radius 3 is 1.90 bits per heavy atom. The molecule has 0 aromatic heterocycles. The van der Waals surface area contributed by atoms with Crippen LogP contribution in [0.2, 0.25) is 0 Å². The lowest BCUT2D eigenvalue weighted by Gasteiger charge is -2.17. The first-order valence-corrected chi connectivity index (χ1v) is 9.32. The molecule has 0 radical (unpaired) electrons. The SMILES string of the molecule is O=C(CCC(=O)O[C@H](C(=O)c1ccccc1)c1ccccc1)Nc1ccccc1. The highest BCUT2D eigenvalue weighted by Gasteiger charge is 2.26. The van der Waals surface area contributed by atoms with Gasteiger partial charge in [0.2, 0.25) is 11.7 Å². The number of nitrogens with one attached hydrogen (secondary N) is 1. The molecule has 0 aliphatic heterocycles. The number of anilines is 1. The van der Waals surface area contributed by atoms with Crippen molar-refractivity contribution in [3.63, 3.8) is 0 Å². The van der Waals surface area contributed by atoms with E-state index < -0.39 is 12.1 Å². The lowest BCUT2D eigenvalue weighted by molar-refractivity contribution is -0.148. The van der Waals surface area contributed by atoms with Gasteiger partial charge in [-0.25, -0.2) is 0 Å². The van der Waals surface area contributed by atoms with E-state index in [-0.39, 0.29) is 24.5 Å². The van der Waals surface area contributed by atoms with E-state index >= 15 is 0 Å². The summed E-state index contributed by atoms with van der Waals surface area (Å²) in [5.41, 5.74) is 1.70. The summed E-state index contributed by atoms with van der Waals surface area (Å²) in [5.74, 6) is -1.20. The number of amides is 1. The average molecular weight is 387 g/mol. The van der Waals surface area contributed by atoms with E-state index in [4.69, 9.17) is 4.74 Å². The Labute approximate surface area is 169 Å². The second-order valence-corrected chi connectivity index (χ2v) is 6.43. The van der Waals surface area contributed by atoms with Crippen LogP contribution >= 0.6 is 0 Å². The summed E-state index contributed by atoms with van der Waals surface area (Å²) in [6.45, 7) is 0. The van der Waals surface area contributed by atoms with Crippen molar-refractivity contribution >= 4 is 23.3 Å². The fraction of sp³-hybridized carbons (Fsp3) is 0.125. The fourth-order valence-corrected chi connectivity index (χ4v) is 2.81. The Morgan fingerprint density at radius 2 is 1.28 bits per heavy atom. The topological polar surface area (TPSA) is 72.5 Å². The number of carbonyl (C=O) groups is 3. The number of ketones is 1. The van der Waals surface area contributed by atoms with Gasteiger partial charge in [-0.05, 0) is 12.1 Å². The molecule has 0 saturated carbocycles. The zero-order chi connectivity index (χ0) is 20.5. The van der Waals surface area contributed by atoms with Gasteiger partial charge in [-0.3, -0.25) is 14.4 Å². The number of benzene rings is 3. The normalized spacial score (nSPS) is 11.3. The van der Waals surface area contributed by atoms with Gasteiger partial charge in [-0.1, -0.05) is 78.9 Å². The summed E-state index contributed by atoms with van der Waals surface area (Å²) in [6.07, 6.45) is -1.21. The Bertz CT molecular complexity index is 956. The molecule has 3 aromatic rings. The molecule has 0 unspecified atom stereocenters. The van der Waals surface area contributed by atoms with Gasteiger partial charge < -0.3 is 10.1 Å². The van der Waals surface area contributed by atoms with Gasteiger partial charge in [0.1, 0.15) is 0 Å². The van der Waals surface area contributed by atoms with Crippen LogP contribution in [0.15, 0.2) is 91.0 Å². The van der Waals surface area contributed by atoms with Crippen LogP contribution in [0.1, 0.15) is 34.9 Å². The van der Waals surface area contributed by atoms with Crippen molar-refractivity contribution in [1.82, 2.24) is 0 Å². The predicted molar refractivity (Wildman–Crippen MR) is 110 cm³/mol. The number of carbonyl (C=O) groups excluding carboxylic acids is 3. The lowest BCUT2D eigenvalue weighted by Crippen LogP contribution is -2.21. The number of esters is 1. The van der Waals surface area contributed by atoms with E-state index in [1.165, 1.54) is 0 Å². The summed E-state index contributed by atoms with van der Waals surface area (Å²) >= 11 is 0. The Morgan fingerprint density at radius 1 is 0.724 bits per heavy atom. The van der Waals surface area contributed by atoms with Gasteiger partial charge in [-0.15, -0.1) is 0 Å². The largest absolute Gasteiger partial charge is 0.449 e. The highest BCUT2D eigenvalue weighted by Crippen LogP contribution is 2.23. The first-order valence-electron chi connectivity index (χ1n) is 9.32. The van der Waals surface area contributed by atoms with Gasteiger partial charge in [-0.2, -0.15) is 0 Å². The molecule has 5 heteroatoms. The minimum atomic E-state index is -1.05. The average Bonchev–Trinajstić information content (AvgIpc) is 2.77. The molecule has 1 N–H and O–H groups in total. The summed E-state index contributed by atoms with van der Waals surface area (Å²) in [4.78, 5) is 37.3. The number of para-hydroxylation sites is 1. The van der Waals surface area contributed by atoms with Crippen LogP contribution in [0.4, 0.5) is 5.69 Å². The molecule has 1 amide bonds. The molecule has 0 bridgehead atoms. The maximum atomic E-state index is 12.9. The first-order chi connectivity index (χ1) is 14.1. The minimum absolute atomic E-state index is 0.0330. The maximum absolute atomic E-state index is 12.9. The molecule has 0 heterocycles. The monoisotopic (exact) mass is 387 g/mol. The van der Waals surface area contributed by atoms with Crippen LogP contribution in [0.25, 0.3) is 0 Å². The van der Waals surface area contributed by atoms with Crippen LogP contribution < -0.4 is 5.32 Å². The first kappa shape index (κ1) is 20.0. The Balaban J connectivity index is 1.64. The summed E-state index contributed by atoms with van der Waals surface area (Å²) in [5, 5.41) is 2.72. The zero-order valence-electron chi connectivity index (χ0n) is 15.8. The van der Waals surface area contributed by atoms with Gasteiger partial charge in [0.15, 0.2) is 6.10 Å². The number of rotatable bonds is 8. The highest BCUT2D eigenvalue weighted by molar-refractivity contribution is 6.01. The third-order valence-electron chi connectivity index (χ3n) is 4.26. The molecular formula is C24H21NO4. The standard InChI is InChI=1S/C24H21NO4/c26-21(25-20-14-8-3-9-15-20)16-17-22(27)29-24(19-12-6-2-7-13-19)23(28)18-10-4-1-5-11-18/h1-15,24H,16-17H2,(H,25,26)/t24-/m0/s1. The minimum Gasteiger partial charge on any atom is -0.449 e. The van der Waals surface area contributed by atoms with Gasteiger partial charge in [0, 0.05) is 23.2 Å². The van der Waals surface area contributed by atoms with Gasteiger partial charge in [0.05, 0.1) is 6.42 Å². The second kappa shape index (κ2) is 9.99. The quantitative estimate of drug-likeness (QED) is 0.454. The molecule has 3 aromatic carbocycles. The summed E-state index contributed by atoms with van der Waals surface area (Å²) in [6, 6.07) is 26.5. The lowest BCUT2D eigenvalue weighted by atomic mass is 10.00. The van der Waals surface area contributed by atoms with E-state index in [1.54, 1.807) is 60.7 Å². The Kier molecular flexibility index (Phi) is 6.90. The van der Waals surface area contributed by atoms with Crippen LogP contribution in [0, 0.1) is 0 Å². The molecule has 146 valence electrons. The highest BCUT2D eigenvalue weighted by atomic mass is 16.5. The molecule has 5 nitrogen and oxygen atoms in total. The molecule has 0 aliphatic carbocycles. The van der Waals surface area contributed by atoms with Crippen molar-refractivity contribution in [1.29, 1.82) is 0 Å². The van der Waals surface area contributed by atoms with Crippen molar-refractivity contribution in [2.24, 2.45) is 0 Å². The van der Waals surface area contributed by atoms with E-state index in [9.17, 15) is 14.4 Å².